The molecule has 0 aromatic carbocycles. The van der Waals surface area contributed by atoms with Gasteiger partial charge in [-0.25, -0.2) is 9.97 Å². The fourth-order valence-corrected chi connectivity index (χ4v) is 1.83. The first-order valence-electron chi connectivity index (χ1n) is 3.76. The van der Waals surface area contributed by atoms with Crippen LogP contribution in [0.25, 0.3) is 0 Å². The summed E-state index contributed by atoms with van der Waals surface area (Å²) in [5, 5.41) is 0.783. The van der Waals surface area contributed by atoms with Gasteiger partial charge >= 0.3 is 0 Å². The molecule has 0 aliphatic rings. The average Bonchev–Trinajstić information content (AvgIpc) is 2.09. The van der Waals surface area contributed by atoms with Crippen LogP contribution in [-0.4, -0.2) is 20.6 Å². The van der Waals surface area contributed by atoms with Crippen molar-refractivity contribution < 1.29 is 0 Å². The summed E-state index contributed by atoms with van der Waals surface area (Å²) in [4.78, 5) is 8.39. The van der Waals surface area contributed by atoms with Crippen LogP contribution < -0.4 is 0 Å². The van der Waals surface area contributed by atoms with Crippen LogP contribution in [0.5, 0.6) is 0 Å². The molecule has 0 radical (unpaired) electrons. The van der Waals surface area contributed by atoms with E-state index in [1.165, 1.54) is 0 Å². The molecule has 0 unspecified atom stereocenters. The van der Waals surface area contributed by atoms with Crippen LogP contribution in [0, 0.1) is 3.57 Å². The van der Waals surface area contributed by atoms with Crippen molar-refractivity contribution >= 4 is 46.0 Å². The number of rotatable bonds is 3. The number of nitrogens with zero attached hydrogens (tertiary/aromatic N) is 2. The number of thioether (sulfide) groups is 1. The van der Waals surface area contributed by atoms with Crippen LogP contribution in [0.1, 0.15) is 13.8 Å². The molecule has 0 aliphatic heterocycles. The average molecular weight is 329 g/mol. The van der Waals surface area contributed by atoms with Crippen molar-refractivity contribution in [3.05, 3.63) is 16.0 Å². The highest BCUT2D eigenvalue weighted by Gasteiger charge is 2.19. The molecular weight excluding hydrogens is 319 g/mol. The summed E-state index contributed by atoms with van der Waals surface area (Å²) < 4.78 is 1.04. The van der Waals surface area contributed by atoms with E-state index in [0.717, 1.165) is 8.73 Å². The Morgan fingerprint density at radius 2 is 2.00 bits per heavy atom. The first kappa shape index (κ1) is 11.5. The van der Waals surface area contributed by atoms with Crippen molar-refractivity contribution in [1.82, 2.24) is 9.97 Å². The molecule has 0 amide bonds. The molecule has 0 spiro atoms. The molecule has 0 fully saturated rings. The highest BCUT2D eigenvalue weighted by atomic mass is 127. The minimum absolute atomic E-state index is 0.00561. The normalized spacial score (nSPS) is 11.7. The van der Waals surface area contributed by atoms with Crippen LogP contribution in [0.2, 0.25) is 0 Å². The quantitative estimate of drug-likeness (QED) is 0.369. The highest BCUT2D eigenvalue weighted by Crippen LogP contribution is 2.30. The van der Waals surface area contributed by atoms with Gasteiger partial charge in [-0.05, 0) is 36.4 Å². The van der Waals surface area contributed by atoms with Crippen LogP contribution in [-0.2, 0) is 0 Å². The molecular formula is C8H10ClIN2S. The molecule has 0 N–H and O–H groups in total. The predicted octanol–water partition coefficient (Wildman–Crippen LogP) is 3.19. The SMILES string of the molecule is CC(C)(CCl)Sc1ncc(I)cn1. The number of hydrogen-bond donors (Lipinski definition) is 0. The molecule has 13 heavy (non-hydrogen) atoms. The van der Waals surface area contributed by atoms with Crippen molar-refractivity contribution in [1.29, 1.82) is 0 Å². The molecule has 0 saturated carbocycles. The summed E-state index contributed by atoms with van der Waals surface area (Å²) in [6.07, 6.45) is 3.61. The summed E-state index contributed by atoms with van der Waals surface area (Å²) in [5.74, 6) is 0.590. The zero-order valence-corrected chi connectivity index (χ0v) is 11.2. The third-order valence-electron chi connectivity index (χ3n) is 1.29. The van der Waals surface area contributed by atoms with Crippen molar-refractivity contribution in [3.8, 4) is 0 Å². The Bertz CT molecular complexity index is 276. The maximum Gasteiger partial charge on any atom is 0.188 e. The molecule has 0 saturated heterocycles. The fraction of sp³-hybridized carbons (Fsp3) is 0.500. The van der Waals surface area contributed by atoms with Gasteiger partial charge in [0, 0.05) is 26.6 Å². The second-order valence-corrected chi connectivity index (χ2v) is 6.37. The summed E-state index contributed by atoms with van der Waals surface area (Å²) in [6.45, 7) is 4.15. The molecule has 5 heteroatoms. The molecule has 1 aromatic heterocycles. The topological polar surface area (TPSA) is 25.8 Å². The van der Waals surface area contributed by atoms with Gasteiger partial charge in [-0.15, -0.1) is 11.6 Å². The standard InChI is InChI=1S/C8H10ClIN2S/c1-8(2,5-9)13-7-11-3-6(10)4-12-7/h3-4H,5H2,1-2H3. The Morgan fingerprint density at radius 3 is 2.46 bits per heavy atom. The molecule has 0 bridgehead atoms. The van der Waals surface area contributed by atoms with Gasteiger partial charge in [0.1, 0.15) is 0 Å². The molecule has 1 aromatic rings. The highest BCUT2D eigenvalue weighted by molar-refractivity contribution is 14.1. The molecule has 0 atom stereocenters. The first-order valence-corrected chi connectivity index (χ1v) is 6.19. The first-order chi connectivity index (χ1) is 6.03. The van der Waals surface area contributed by atoms with E-state index in [1.54, 1.807) is 24.2 Å². The van der Waals surface area contributed by atoms with Gasteiger partial charge in [0.25, 0.3) is 0 Å². The summed E-state index contributed by atoms with van der Waals surface area (Å²) >= 11 is 9.58. The Hall–Kier alpha value is 0.450. The number of halogens is 2. The second-order valence-electron chi connectivity index (χ2n) is 3.18. The van der Waals surface area contributed by atoms with Gasteiger partial charge in [0.05, 0.1) is 0 Å². The maximum absolute atomic E-state index is 5.80. The zero-order chi connectivity index (χ0) is 9.90. The number of hydrogen-bond acceptors (Lipinski definition) is 3. The number of alkyl halides is 1. The predicted molar refractivity (Wildman–Crippen MR) is 65.4 cm³/mol. The van der Waals surface area contributed by atoms with Gasteiger partial charge in [0.2, 0.25) is 0 Å². The van der Waals surface area contributed by atoms with Crippen LogP contribution in [0.15, 0.2) is 17.6 Å². The Kier molecular flexibility index (Phi) is 4.25. The fourth-order valence-electron chi connectivity index (χ4n) is 0.628. The lowest BCUT2D eigenvalue weighted by Crippen LogP contribution is -2.16. The van der Waals surface area contributed by atoms with Crippen molar-refractivity contribution in [3.63, 3.8) is 0 Å². The summed E-state index contributed by atoms with van der Waals surface area (Å²) in [7, 11) is 0. The van der Waals surface area contributed by atoms with E-state index >= 15 is 0 Å². The Morgan fingerprint density at radius 1 is 1.46 bits per heavy atom. The van der Waals surface area contributed by atoms with Crippen LogP contribution in [0.4, 0.5) is 0 Å². The van der Waals surface area contributed by atoms with Gasteiger partial charge in [0.15, 0.2) is 5.16 Å². The number of aromatic nitrogens is 2. The van der Waals surface area contributed by atoms with Gasteiger partial charge in [-0.1, -0.05) is 11.8 Å². The van der Waals surface area contributed by atoms with Gasteiger partial charge in [-0.2, -0.15) is 0 Å². The molecule has 0 aliphatic carbocycles. The lowest BCUT2D eigenvalue weighted by atomic mass is 10.2. The van der Waals surface area contributed by atoms with E-state index in [2.05, 4.69) is 46.4 Å². The lowest BCUT2D eigenvalue weighted by Gasteiger charge is -2.18. The van der Waals surface area contributed by atoms with E-state index in [9.17, 15) is 0 Å². The zero-order valence-electron chi connectivity index (χ0n) is 7.42. The Balaban J connectivity index is 2.69. The molecule has 1 rings (SSSR count). The summed E-state index contributed by atoms with van der Waals surface area (Å²) in [6, 6.07) is 0. The van der Waals surface area contributed by atoms with E-state index in [0.29, 0.717) is 5.88 Å². The molecule has 72 valence electrons. The van der Waals surface area contributed by atoms with E-state index < -0.39 is 0 Å². The van der Waals surface area contributed by atoms with E-state index in [1.807, 2.05) is 0 Å². The van der Waals surface area contributed by atoms with Gasteiger partial charge in [-0.3, -0.25) is 0 Å². The molecule has 2 nitrogen and oxygen atoms in total. The molecule has 1 heterocycles. The minimum Gasteiger partial charge on any atom is -0.230 e. The van der Waals surface area contributed by atoms with Crippen molar-refractivity contribution in [2.45, 2.75) is 23.8 Å². The summed E-state index contributed by atoms with van der Waals surface area (Å²) in [5.41, 5.74) is 0. The van der Waals surface area contributed by atoms with E-state index in [-0.39, 0.29) is 4.75 Å². The third kappa shape index (κ3) is 3.99. The monoisotopic (exact) mass is 328 g/mol. The van der Waals surface area contributed by atoms with Crippen molar-refractivity contribution in [2.24, 2.45) is 0 Å². The van der Waals surface area contributed by atoms with Crippen molar-refractivity contribution in [2.75, 3.05) is 5.88 Å². The lowest BCUT2D eigenvalue weighted by molar-refractivity contribution is 0.798. The smallest absolute Gasteiger partial charge is 0.188 e. The minimum atomic E-state index is -0.00561. The second kappa shape index (κ2) is 4.79. The third-order valence-corrected chi connectivity index (χ3v) is 3.76. The van der Waals surface area contributed by atoms with Crippen LogP contribution in [0.3, 0.4) is 0 Å². The largest absolute Gasteiger partial charge is 0.230 e. The van der Waals surface area contributed by atoms with Crippen LogP contribution >= 0.6 is 46.0 Å². The van der Waals surface area contributed by atoms with E-state index in [4.69, 9.17) is 11.6 Å². The Labute approximate surface area is 101 Å². The van der Waals surface area contributed by atoms with Gasteiger partial charge < -0.3 is 0 Å². The maximum atomic E-state index is 5.80.